The van der Waals surface area contributed by atoms with E-state index in [0.29, 0.717) is 5.75 Å². The molecule has 0 spiro atoms. The molecule has 1 N–H and O–H groups in total. The molecule has 0 radical (unpaired) electrons. The van der Waals surface area contributed by atoms with Crippen LogP contribution in [0.15, 0.2) is 59.5 Å². The molecule has 2 rings (SSSR count). The van der Waals surface area contributed by atoms with Gasteiger partial charge in [0.25, 0.3) is 0 Å². The van der Waals surface area contributed by atoms with Crippen LogP contribution in [0.5, 0.6) is 5.75 Å². The van der Waals surface area contributed by atoms with E-state index in [1.807, 2.05) is 19.9 Å². The summed E-state index contributed by atoms with van der Waals surface area (Å²) in [5.74, 6) is -0.604. The van der Waals surface area contributed by atoms with Crippen molar-refractivity contribution < 1.29 is 23.1 Å². The summed E-state index contributed by atoms with van der Waals surface area (Å²) < 4.78 is 32.7. The number of carboxylic acids is 1. The molecule has 1 atom stereocenters. The normalized spacial score (nSPS) is 12.9. The topological polar surface area (TPSA) is 83.9 Å². The number of carboxylic acid groups (broad SMARTS) is 1. The van der Waals surface area contributed by atoms with Crippen LogP contribution in [0.3, 0.4) is 0 Å². The number of ether oxygens (including phenoxy) is 1. The summed E-state index contributed by atoms with van der Waals surface area (Å²) >= 11 is 0. The first-order valence-corrected chi connectivity index (χ1v) is 10.1. The predicted molar refractivity (Wildman–Crippen MR) is 103 cm³/mol. The molecule has 0 heterocycles. The summed E-state index contributed by atoms with van der Waals surface area (Å²) in [6.07, 6.45) is 0.220. The zero-order valence-electron chi connectivity index (χ0n) is 15.7. The molecule has 0 aliphatic heterocycles. The average Bonchev–Trinajstić information content (AvgIpc) is 2.65. The SMILES string of the molecule is COc1ccc(S(=O)(=O)N(Cc2ccccc2)[C@H](CC(C)C)C(=O)O)cc1. The number of methoxy groups -OCH3 is 1. The molecule has 0 fully saturated rings. The second-order valence-corrected chi connectivity index (χ2v) is 8.59. The Bertz CT molecular complexity index is 848. The lowest BCUT2D eigenvalue weighted by Gasteiger charge is -2.29. The van der Waals surface area contributed by atoms with Gasteiger partial charge in [-0.05, 0) is 42.2 Å². The largest absolute Gasteiger partial charge is 0.497 e. The van der Waals surface area contributed by atoms with E-state index in [0.717, 1.165) is 9.87 Å². The fourth-order valence-corrected chi connectivity index (χ4v) is 4.38. The van der Waals surface area contributed by atoms with E-state index in [9.17, 15) is 18.3 Å². The number of hydrogen-bond acceptors (Lipinski definition) is 4. The Balaban J connectivity index is 2.49. The monoisotopic (exact) mass is 391 g/mol. The maximum Gasteiger partial charge on any atom is 0.322 e. The quantitative estimate of drug-likeness (QED) is 0.708. The number of carbonyl (C=O) groups is 1. The van der Waals surface area contributed by atoms with Gasteiger partial charge in [0.2, 0.25) is 10.0 Å². The van der Waals surface area contributed by atoms with Gasteiger partial charge in [0.05, 0.1) is 12.0 Å². The summed E-state index contributed by atoms with van der Waals surface area (Å²) in [6.45, 7) is 3.73. The Morgan fingerprint density at radius 3 is 2.15 bits per heavy atom. The van der Waals surface area contributed by atoms with Crippen molar-refractivity contribution in [2.24, 2.45) is 5.92 Å². The second-order valence-electron chi connectivity index (χ2n) is 6.69. The molecule has 6 nitrogen and oxygen atoms in total. The van der Waals surface area contributed by atoms with Gasteiger partial charge in [0, 0.05) is 6.54 Å². The summed E-state index contributed by atoms with van der Waals surface area (Å²) in [5.41, 5.74) is 0.726. The van der Waals surface area contributed by atoms with E-state index in [4.69, 9.17) is 4.74 Å². The molecule has 0 aromatic heterocycles. The van der Waals surface area contributed by atoms with Crippen molar-refractivity contribution in [1.82, 2.24) is 4.31 Å². The molecule has 146 valence electrons. The Hall–Kier alpha value is -2.38. The van der Waals surface area contributed by atoms with Crippen LogP contribution in [0.1, 0.15) is 25.8 Å². The van der Waals surface area contributed by atoms with E-state index in [1.54, 1.807) is 36.4 Å². The van der Waals surface area contributed by atoms with Gasteiger partial charge in [0.1, 0.15) is 11.8 Å². The highest BCUT2D eigenvalue weighted by atomic mass is 32.2. The van der Waals surface area contributed by atoms with Crippen molar-refractivity contribution in [2.45, 2.75) is 37.8 Å². The predicted octanol–water partition coefficient (Wildman–Crippen LogP) is 3.39. The van der Waals surface area contributed by atoms with E-state index >= 15 is 0 Å². The van der Waals surface area contributed by atoms with Crippen LogP contribution < -0.4 is 4.74 Å². The third kappa shape index (κ3) is 5.30. The van der Waals surface area contributed by atoms with Gasteiger partial charge in [-0.2, -0.15) is 4.31 Å². The number of hydrogen-bond donors (Lipinski definition) is 1. The highest BCUT2D eigenvalue weighted by Gasteiger charge is 2.36. The lowest BCUT2D eigenvalue weighted by Crippen LogP contribution is -2.45. The minimum Gasteiger partial charge on any atom is -0.497 e. The third-order valence-corrected chi connectivity index (χ3v) is 6.04. The van der Waals surface area contributed by atoms with E-state index in [1.165, 1.54) is 19.2 Å². The van der Waals surface area contributed by atoms with E-state index in [2.05, 4.69) is 0 Å². The molecule has 0 aliphatic rings. The highest BCUT2D eigenvalue weighted by Crippen LogP contribution is 2.26. The van der Waals surface area contributed by atoms with Crippen LogP contribution >= 0.6 is 0 Å². The van der Waals surface area contributed by atoms with E-state index in [-0.39, 0.29) is 23.8 Å². The lowest BCUT2D eigenvalue weighted by molar-refractivity contribution is -0.142. The molecule has 0 amide bonds. The first kappa shape index (κ1) is 20.9. The van der Waals surface area contributed by atoms with Crippen LogP contribution in [0.25, 0.3) is 0 Å². The molecule has 2 aromatic carbocycles. The zero-order valence-corrected chi connectivity index (χ0v) is 16.5. The zero-order chi connectivity index (χ0) is 20.0. The Morgan fingerprint density at radius 2 is 1.67 bits per heavy atom. The number of sulfonamides is 1. The highest BCUT2D eigenvalue weighted by molar-refractivity contribution is 7.89. The summed E-state index contributed by atoms with van der Waals surface area (Å²) in [4.78, 5) is 12.0. The number of aliphatic carboxylic acids is 1. The standard InChI is InChI=1S/C20H25NO5S/c1-15(2)13-19(20(22)23)21(14-16-7-5-4-6-8-16)27(24,25)18-11-9-17(26-3)10-12-18/h4-12,15,19H,13-14H2,1-3H3,(H,22,23)/t19-/m1/s1. The third-order valence-electron chi connectivity index (χ3n) is 4.17. The molecule has 0 bridgehead atoms. The van der Waals surface area contributed by atoms with Crippen LogP contribution in [-0.2, 0) is 21.4 Å². The number of rotatable bonds is 9. The summed E-state index contributed by atoms with van der Waals surface area (Å²) in [5, 5.41) is 9.74. The van der Waals surface area contributed by atoms with Crippen molar-refractivity contribution in [1.29, 1.82) is 0 Å². The fraction of sp³-hybridized carbons (Fsp3) is 0.350. The second kappa shape index (κ2) is 9.01. The maximum atomic E-state index is 13.3. The molecule has 0 aliphatic carbocycles. The molecule has 2 aromatic rings. The van der Waals surface area contributed by atoms with Gasteiger partial charge in [0.15, 0.2) is 0 Å². The molecule has 7 heteroatoms. The van der Waals surface area contributed by atoms with Gasteiger partial charge < -0.3 is 9.84 Å². The van der Waals surface area contributed by atoms with Gasteiger partial charge in [-0.1, -0.05) is 44.2 Å². The number of nitrogens with zero attached hydrogens (tertiary/aromatic N) is 1. The van der Waals surface area contributed by atoms with Crippen molar-refractivity contribution in [3.63, 3.8) is 0 Å². The Kier molecular flexibility index (Phi) is 6.98. The van der Waals surface area contributed by atoms with Crippen LogP contribution in [0.4, 0.5) is 0 Å². The van der Waals surface area contributed by atoms with Crippen molar-refractivity contribution in [3.8, 4) is 5.75 Å². The Morgan fingerprint density at radius 1 is 1.07 bits per heavy atom. The van der Waals surface area contributed by atoms with Gasteiger partial charge in [-0.15, -0.1) is 0 Å². The van der Waals surface area contributed by atoms with Crippen molar-refractivity contribution in [3.05, 3.63) is 60.2 Å². The van der Waals surface area contributed by atoms with Crippen LogP contribution in [0, 0.1) is 5.92 Å². The minimum absolute atomic E-state index is 0.0150. The molecule has 0 unspecified atom stereocenters. The van der Waals surface area contributed by atoms with E-state index < -0.39 is 22.0 Å². The first-order valence-electron chi connectivity index (χ1n) is 8.68. The first-order chi connectivity index (χ1) is 12.8. The van der Waals surface area contributed by atoms with Crippen LogP contribution in [0.2, 0.25) is 0 Å². The molecule has 0 saturated carbocycles. The number of benzene rings is 2. The van der Waals surface area contributed by atoms with Crippen molar-refractivity contribution in [2.75, 3.05) is 7.11 Å². The molecular formula is C20H25NO5S. The van der Waals surface area contributed by atoms with Gasteiger partial charge >= 0.3 is 5.97 Å². The maximum absolute atomic E-state index is 13.3. The summed E-state index contributed by atoms with van der Waals surface area (Å²) in [6, 6.07) is 13.8. The average molecular weight is 391 g/mol. The molecular weight excluding hydrogens is 366 g/mol. The lowest BCUT2D eigenvalue weighted by atomic mass is 10.0. The minimum atomic E-state index is -4.02. The molecule has 27 heavy (non-hydrogen) atoms. The van der Waals surface area contributed by atoms with Crippen molar-refractivity contribution >= 4 is 16.0 Å². The van der Waals surface area contributed by atoms with Crippen LogP contribution in [-0.4, -0.2) is 37.0 Å². The van der Waals surface area contributed by atoms with Gasteiger partial charge in [-0.3, -0.25) is 4.79 Å². The fourth-order valence-electron chi connectivity index (χ4n) is 2.80. The van der Waals surface area contributed by atoms with Gasteiger partial charge in [-0.25, -0.2) is 8.42 Å². The Labute approximate surface area is 160 Å². The smallest absolute Gasteiger partial charge is 0.322 e. The molecule has 0 saturated heterocycles. The summed E-state index contributed by atoms with van der Waals surface area (Å²) in [7, 11) is -2.52.